The summed E-state index contributed by atoms with van der Waals surface area (Å²) in [5.74, 6) is 0.0444. The Morgan fingerprint density at radius 2 is 1.92 bits per heavy atom. The Labute approximate surface area is 151 Å². The van der Waals surface area contributed by atoms with Crippen LogP contribution in [0.3, 0.4) is 0 Å². The van der Waals surface area contributed by atoms with Crippen LogP contribution in [0.5, 0.6) is 0 Å². The third-order valence-corrected chi connectivity index (χ3v) is 4.98. The largest absolute Gasteiger partial charge is 0.352 e. The van der Waals surface area contributed by atoms with Gasteiger partial charge in [-0.25, -0.2) is 0 Å². The van der Waals surface area contributed by atoms with Crippen LogP contribution in [0.2, 0.25) is 0 Å². The number of hydrogen-bond donors (Lipinski definition) is 1. The molecule has 2 amide bonds. The van der Waals surface area contributed by atoms with Gasteiger partial charge in [-0.2, -0.15) is 0 Å². The highest BCUT2D eigenvalue weighted by Crippen LogP contribution is 2.20. The van der Waals surface area contributed by atoms with Crippen LogP contribution in [0, 0.1) is 6.92 Å². The maximum Gasteiger partial charge on any atom is 0.242 e. The van der Waals surface area contributed by atoms with Crippen LogP contribution in [0.4, 0.5) is 0 Å². The number of nitrogens with zero attached hydrogens (tertiary/aromatic N) is 2. The highest BCUT2D eigenvalue weighted by Gasteiger charge is 2.31. The summed E-state index contributed by atoms with van der Waals surface area (Å²) in [7, 11) is 4.04. The first-order chi connectivity index (χ1) is 11.9. The van der Waals surface area contributed by atoms with E-state index in [1.54, 1.807) is 4.90 Å². The minimum Gasteiger partial charge on any atom is -0.352 e. The van der Waals surface area contributed by atoms with Gasteiger partial charge in [0.2, 0.25) is 11.8 Å². The first kappa shape index (κ1) is 19.4. The fourth-order valence-electron chi connectivity index (χ4n) is 3.41. The van der Waals surface area contributed by atoms with Crippen LogP contribution in [0.1, 0.15) is 49.8 Å². The summed E-state index contributed by atoms with van der Waals surface area (Å²) < 4.78 is 0. The number of amides is 2. The van der Waals surface area contributed by atoms with E-state index in [1.807, 2.05) is 21.0 Å². The van der Waals surface area contributed by atoms with Crippen molar-refractivity contribution in [2.45, 2.75) is 51.6 Å². The summed E-state index contributed by atoms with van der Waals surface area (Å²) in [6, 6.07) is 8.21. The van der Waals surface area contributed by atoms with E-state index in [2.05, 4.69) is 41.4 Å². The number of nitrogens with one attached hydrogen (secondary N) is 1. The van der Waals surface area contributed by atoms with Crippen molar-refractivity contribution in [2.75, 3.05) is 27.2 Å². The Balaban J connectivity index is 2.02. The Hall–Kier alpha value is -1.88. The zero-order valence-corrected chi connectivity index (χ0v) is 15.9. The number of carbonyl (C=O) groups is 2. The van der Waals surface area contributed by atoms with E-state index in [0.717, 1.165) is 19.3 Å². The van der Waals surface area contributed by atoms with E-state index in [1.165, 1.54) is 11.1 Å². The molecule has 5 nitrogen and oxygen atoms in total. The van der Waals surface area contributed by atoms with Crippen LogP contribution in [0.15, 0.2) is 24.3 Å². The van der Waals surface area contributed by atoms with E-state index in [4.69, 9.17) is 0 Å². The quantitative estimate of drug-likeness (QED) is 0.862. The smallest absolute Gasteiger partial charge is 0.242 e. The van der Waals surface area contributed by atoms with Gasteiger partial charge in [0.25, 0.3) is 0 Å². The Morgan fingerprint density at radius 1 is 1.24 bits per heavy atom. The number of piperidine rings is 1. The summed E-state index contributed by atoms with van der Waals surface area (Å²) in [4.78, 5) is 28.7. The topological polar surface area (TPSA) is 52.7 Å². The van der Waals surface area contributed by atoms with Crippen molar-refractivity contribution in [3.8, 4) is 0 Å². The molecule has 25 heavy (non-hydrogen) atoms. The molecule has 5 heteroatoms. The Kier molecular flexibility index (Phi) is 7.00. The second kappa shape index (κ2) is 8.99. The lowest BCUT2D eigenvalue weighted by Gasteiger charge is -2.35. The molecule has 0 aliphatic carbocycles. The summed E-state index contributed by atoms with van der Waals surface area (Å²) in [5.41, 5.74) is 2.40. The number of likely N-dealkylation sites (tertiary alicyclic amines) is 1. The van der Waals surface area contributed by atoms with Gasteiger partial charge in [0.1, 0.15) is 6.04 Å². The van der Waals surface area contributed by atoms with Gasteiger partial charge >= 0.3 is 0 Å². The lowest BCUT2D eigenvalue weighted by Crippen LogP contribution is -2.52. The van der Waals surface area contributed by atoms with Crippen molar-refractivity contribution in [1.82, 2.24) is 15.1 Å². The van der Waals surface area contributed by atoms with Crippen LogP contribution in [-0.2, 0) is 9.59 Å². The molecular weight excluding hydrogens is 314 g/mol. The molecule has 0 spiro atoms. The second-order valence-corrected chi connectivity index (χ2v) is 7.09. The molecule has 2 atom stereocenters. The van der Waals surface area contributed by atoms with E-state index < -0.39 is 0 Å². The van der Waals surface area contributed by atoms with Gasteiger partial charge in [0.15, 0.2) is 0 Å². The minimum atomic E-state index is -0.318. The molecule has 1 aliphatic rings. The molecule has 1 aromatic rings. The number of benzene rings is 1. The van der Waals surface area contributed by atoms with Crippen molar-refractivity contribution in [3.05, 3.63) is 35.4 Å². The average molecular weight is 345 g/mol. The summed E-state index contributed by atoms with van der Waals surface area (Å²) in [5, 5.41) is 3.08. The van der Waals surface area contributed by atoms with E-state index in [9.17, 15) is 9.59 Å². The van der Waals surface area contributed by atoms with Crippen LogP contribution in [-0.4, -0.2) is 54.8 Å². The van der Waals surface area contributed by atoms with Gasteiger partial charge in [-0.15, -0.1) is 0 Å². The molecule has 1 N–H and O–H groups in total. The fraction of sp³-hybridized carbons (Fsp3) is 0.600. The minimum absolute atomic E-state index is 0.0274. The number of likely N-dealkylation sites (N-methyl/N-ethyl adjacent to an activating group) is 1. The Morgan fingerprint density at radius 3 is 2.52 bits per heavy atom. The van der Waals surface area contributed by atoms with E-state index >= 15 is 0 Å². The van der Waals surface area contributed by atoms with Gasteiger partial charge in [-0.05, 0) is 45.8 Å². The summed E-state index contributed by atoms with van der Waals surface area (Å²) >= 11 is 0. The predicted octanol–water partition coefficient (Wildman–Crippen LogP) is 2.51. The molecule has 0 bridgehead atoms. The van der Waals surface area contributed by atoms with Gasteiger partial charge in [-0.3, -0.25) is 9.59 Å². The maximum atomic E-state index is 12.7. The SMILES string of the molecule is CCC(=O)N1CCCC[C@@H]1C(=O)NC[C@H](c1ccc(C)cc1)N(C)C. The molecular formula is C20H31N3O2. The number of hydrogen-bond acceptors (Lipinski definition) is 3. The molecule has 0 saturated carbocycles. The van der Waals surface area contributed by atoms with Crippen molar-refractivity contribution in [2.24, 2.45) is 0 Å². The normalized spacial score (nSPS) is 18.9. The number of carbonyl (C=O) groups excluding carboxylic acids is 2. The van der Waals surface area contributed by atoms with Crippen LogP contribution < -0.4 is 5.32 Å². The third-order valence-electron chi connectivity index (χ3n) is 4.98. The molecule has 1 aromatic carbocycles. The molecule has 1 aliphatic heterocycles. The number of aryl methyl sites for hydroxylation is 1. The van der Waals surface area contributed by atoms with Crippen molar-refractivity contribution < 1.29 is 9.59 Å². The van der Waals surface area contributed by atoms with E-state index in [-0.39, 0.29) is 23.9 Å². The van der Waals surface area contributed by atoms with E-state index in [0.29, 0.717) is 19.5 Å². The molecule has 1 saturated heterocycles. The molecule has 0 aromatic heterocycles. The second-order valence-electron chi connectivity index (χ2n) is 7.09. The first-order valence-corrected chi connectivity index (χ1v) is 9.24. The maximum absolute atomic E-state index is 12.7. The fourth-order valence-corrected chi connectivity index (χ4v) is 3.41. The van der Waals surface area contributed by atoms with Crippen LogP contribution in [0.25, 0.3) is 0 Å². The molecule has 2 rings (SSSR count). The zero-order chi connectivity index (χ0) is 18.4. The average Bonchev–Trinajstić information content (AvgIpc) is 2.62. The van der Waals surface area contributed by atoms with Gasteiger partial charge in [0, 0.05) is 19.5 Å². The summed E-state index contributed by atoms with van der Waals surface area (Å²) in [6.45, 7) is 5.16. The standard InChI is InChI=1S/C20H31N3O2/c1-5-19(24)23-13-7-6-8-17(23)20(25)21-14-18(22(3)4)16-11-9-15(2)10-12-16/h9-12,17-18H,5-8,13-14H2,1-4H3,(H,21,25)/t17-,18-/m1/s1. The van der Waals surface area contributed by atoms with Gasteiger partial charge in [0.05, 0.1) is 6.04 Å². The lowest BCUT2D eigenvalue weighted by atomic mass is 10.00. The van der Waals surface area contributed by atoms with Crippen molar-refractivity contribution in [3.63, 3.8) is 0 Å². The molecule has 1 fully saturated rings. The highest BCUT2D eigenvalue weighted by atomic mass is 16.2. The monoisotopic (exact) mass is 345 g/mol. The molecule has 0 radical (unpaired) electrons. The zero-order valence-electron chi connectivity index (χ0n) is 15.9. The highest BCUT2D eigenvalue weighted by molar-refractivity contribution is 5.87. The molecule has 0 unspecified atom stereocenters. The number of rotatable bonds is 6. The molecule has 138 valence electrons. The lowest BCUT2D eigenvalue weighted by molar-refractivity contribution is -0.142. The van der Waals surface area contributed by atoms with Gasteiger partial charge < -0.3 is 15.1 Å². The van der Waals surface area contributed by atoms with Gasteiger partial charge in [-0.1, -0.05) is 36.8 Å². The molecule has 1 heterocycles. The summed E-state index contributed by atoms with van der Waals surface area (Å²) in [6.07, 6.45) is 3.20. The third kappa shape index (κ3) is 5.05. The predicted molar refractivity (Wildman–Crippen MR) is 100 cm³/mol. The van der Waals surface area contributed by atoms with Crippen molar-refractivity contribution >= 4 is 11.8 Å². The van der Waals surface area contributed by atoms with Crippen molar-refractivity contribution in [1.29, 1.82) is 0 Å². The first-order valence-electron chi connectivity index (χ1n) is 9.24. The van der Waals surface area contributed by atoms with Crippen LogP contribution >= 0.6 is 0 Å². The Bertz CT molecular complexity index is 583.